The molecular formula is C11H10ClF2NO2. The molecule has 1 rings (SSSR count). The Balaban J connectivity index is 2.81. The Labute approximate surface area is 102 Å². The molecule has 1 aromatic carbocycles. The maximum Gasteiger partial charge on any atom is 0.387 e. The van der Waals surface area contributed by atoms with Crippen molar-refractivity contribution >= 4 is 17.5 Å². The van der Waals surface area contributed by atoms with E-state index in [9.17, 15) is 13.6 Å². The molecule has 0 aliphatic rings. The number of rotatable bonds is 5. The first kappa shape index (κ1) is 13.4. The van der Waals surface area contributed by atoms with Gasteiger partial charge in [0.25, 0.3) is 5.91 Å². The van der Waals surface area contributed by atoms with Crippen molar-refractivity contribution in [1.82, 2.24) is 5.32 Å². The Morgan fingerprint density at radius 1 is 1.47 bits per heavy atom. The van der Waals surface area contributed by atoms with Crippen LogP contribution in [-0.2, 0) is 0 Å². The minimum atomic E-state index is -2.98. The van der Waals surface area contributed by atoms with Crippen LogP contribution in [0.2, 0.25) is 0 Å². The molecule has 0 radical (unpaired) electrons. The van der Waals surface area contributed by atoms with Crippen molar-refractivity contribution in [3.8, 4) is 5.75 Å². The fraction of sp³-hybridized carbons (Fsp3) is 0.182. The van der Waals surface area contributed by atoms with Crippen LogP contribution in [0.15, 0.2) is 35.9 Å². The number of ether oxygens (including phenoxy) is 1. The molecule has 0 aliphatic carbocycles. The van der Waals surface area contributed by atoms with Gasteiger partial charge in [-0.2, -0.15) is 8.78 Å². The van der Waals surface area contributed by atoms with Gasteiger partial charge in [0.05, 0.1) is 12.1 Å². The molecule has 17 heavy (non-hydrogen) atoms. The van der Waals surface area contributed by atoms with Crippen LogP contribution < -0.4 is 10.1 Å². The molecule has 0 aromatic heterocycles. The van der Waals surface area contributed by atoms with Crippen LogP contribution >= 0.6 is 11.6 Å². The highest BCUT2D eigenvalue weighted by Gasteiger charge is 2.14. The smallest absolute Gasteiger partial charge is 0.387 e. The number of amides is 1. The lowest BCUT2D eigenvalue weighted by molar-refractivity contribution is -0.0501. The van der Waals surface area contributed by atoms with Crippen molar-refractivity contribution in [1.29, 1.82) is 0 Å². The summed E-state index contributed by atoms with van der Waals surface area (Å²) >= 11 is 5.47. The summed E-state index contributed by atoms with van der Waals surface area (Å²) in [6, 6.07) is 5.71. The third-order valence-corrected chi connectivity index (χ3v) is 1.92. The van der Waals surface area contributed by atoms with Crippen LogP contribution in [0.4, 0.5) is 8.78 Å². The van der Waals surface area contributed by atoms with E-state index in [0.29, 0.717) is 0 Å². The predicted molar refractivity (Wildman–Crippen MR) is 60.4 cm³/mol. The standard InChI is InChI=1S/C11H10ClF2NO2/c1-7(12)6-15-10(16)8-4-2-3-5-9(8)17-11(13)14/h2-5,11H,1,6H2,(H,15,16). The van der Waals surface area contributed by atoms with Crippen molar-refractivity contribution < 1.29 is 18.3 Å². The maximum atomic E-state index is 12.1. The van der Waals surface area contributed by atoms with Crippen LogP contribution in [-0.4, -0.2) is 19.1 Å². The monoisotopic (exact) mass is 261 g/mol. The van der Waals surface area contributed by atoms with Crippen LogP contribution in [0, 0.1) is 0 Å². The highest BCUT2D eigenvalue weighted by atomic mass is 35.5. The number of benzene rings is 1. The fourth-order valence-electron chi connectivity index (χ4n) is 1.12. The number of carbonyl (C=O) groups is 1. The molecule has 3 nitrogen and oxygen atoms in total. The van der Waals surface area contributed by atoms with E-state index in [1.807, 2.05) is 0 Å². The van der Waals surface area contributed by atoms with Gasteiger partial charge in [0.2, 0.25) is 0 Å². The van der Waals surface area contributed by atoms with Crippen LogP contribution in [0.5, 0.6) is 5.75 Å². The van der Waals surface area contributed by atoms with Gasteiger partial charge in [-0.1, -0.05) is 30.3 Å². The predicted octanol–water partition coefficient (Wildman–Crippen LogP) is 2.77. The van der Waals surface area contributed by atoms with Crippen molar-refractivity contribution in [3.05, 3.63) is 41.4 Å². The molecule has 0 heterocycles. The zero-order valence-electron chi connectivity index (χ0n) is 8.75. The Hall–Kier alpha value is -1.62. The van der Waals surface area contributed by atoms with Crippen molar-refractivity contribution in [3.63, 3.8) is 0 Å². The second kappa shape index (κ2) is 6.20. The van der Waals surface area contributed by atoms with E-state index in [4.69, 9.17) is 11.6 Å². The largest absolute Gasteiger partial charge is 0.434 e. The lowest BCUT2D eigenvalue weighted by atomic mass is 10.2. The fourth-order valence-corrected chi connectivity index (χ4v) is 1.19. The van der Waals surface area contributed by atoms with Crippen LogP contribution in [0.1, 0.15) is 10.4 Å². The summed E-state index contributed by atoms with van der Waals surface area (Å²) in [7, 11) is 0. The lowest BCUT2D eigenvalue weighted by Gasteiger charge is -2.10. The number of nitrogens with one attached hydrogen (secondary N) is 1. The topological polar surface area (TPSA) is 38.3 Å². The summed E-state index contributed by atoms with van der Waals surface area (Å²) < 4.78 is 28.4. The van der Waals surface area contributed by atoms with Crippen molar-refractivity contribution in [2.24, 2.45) is 0 Å². The van der Waals surface area contributed by atoms with Gasteiger partial charge in [-0.15, -0.1) is 0 Å². The molecule has 0 unspecified atom stereocenters. The minimum absolute atomic E-state index is 0.0192. The van der Waals surface area contributed by atoms with Gasteiger partial charge in [0.15, 0.2) is 0 Å². The number of alkyl halides is 2. The van der Waals surface area contributed by atoms with E-state index in [1.165, 1.54) is 18.2 Å². The van der Waals surface area contributed by atoms with E-state index >= 15 is 0 Å². The molecule has 92 valence electrons. The number of carbonyl (C=O) groups excluding carboxylic acids is 1. The second-order valence-electron chi connectivity index (χ2n) is 3.07. The van der Waals surface area contributed by atoms with Gasteiger partial charge in [0, 0.05) is 5.03 Å². The average molecular weight is 262 g/mol. The summed E-state index contributed by atoms with van der Waals surface area (Å²) in [6.45, 7) is 0.470. The summed E-state index contributed by atoms with van der Waals surface area (Å²) in [5, 5.41) is 2.66. The van der Waals surface area contributed by atoms with E-state index in [-0.39, 0.29) is 22.9 Å². The number of para-hydroxylation sites is 1. The first-order chi connectivity index (χ1) is 8.00. The molecule has 1 aromatic rings. The SMILES string of the molecule is C=C(Cl)CNC(=O)c1ccccc1OC(F)F. The highest BCUT2D eigenvalue weighted by Crippen LogP contribution is 2.20. The third kappa shape index (κ3) is 4.40. The van der Waals surface area contributed by atoms with Crippen LogP contribution in [0.3, 0.4) is 0 Å². The lowest BCUT2D eigenvalue weighted by Crippen LogP contribution is -2.25. The quantitative estimate of drug-likeness (QED) is 0.885. The molecule has 0 aliphatic heterocycles. The first-order valence-corrected chi connectivity index (χ1v) is 5.04. The summed E-state index contributed by atoms with van der Waals surface area (Å²) in [4.78, 5) is 11.6. The van der Waals surface area contributed by atoms with Gasteiger partial charge >= 0.3 is 6.61 Å². The molecular weight excluding hydrogens is 252 g/mol. The molecule has 0 saturated heterocycles. The van der Waals surface area contributed by atoms with Gasteiger partial charge in [-0.25, -0.2) is 0 Å². The summed E-state index contributed by atoms with van der Waals surface area (Å²) in [5.41, 5.74) is 0.0192. The molecule has 0 spiro atoms. The number of hydrogen-bond acceptors (Lipinski definition) is 2. The Morgan fingerprint density at radius 2 is 2.12 bits per heavy atom. The first-order valence-electron chi connectivity index (χ1n) is 4.66. The summed E-state index contributed by atoms with van der Waals surface area (Å²) in [5.74, 6) is -0.733. The Kier molecular flexibility index (Phi) is 4.90. The normalized spacial score (nSPS) is 10.1. The number of halogens is 3. The van der Waals surface area contributed by atoms with E-state index in [1.54, 1.807) is 6.07 Å². The Morgan fingerprint density at radius 3 is 2.71 bits per heavy atom. The van der Waals surface area contributed by atoms with E-state index in [0.717, 1.165) is 0 Å². The molecule has 1 N–H and O–H groups in total. The molecule has 0 fully saturated rings. The maximum absolute atomic E-state index is 12.1. The van der Waals surface area contributed by atoms with E-state index < -0.39 is 12.5 Å². The van der Waals surface area contributed by atoms with Gasteiger partial charge in [0.1, 0.15) is 5.75 Å². The zero-order chi connectivity index (χ0) is 12.8. The van der Waals surface area contributed by atoms with Gasteiger partial charge in [-0.3, -0.25) is 4.79 Å². The highest BCUT2D eigenvalue weighted by molar-refractivity contribution is 6.29. The Bertz CT molecular complexity index is 424. The molecule has 0 saturated carbocycles. The van der Waals surface area contributed by atoms with Crippen molar-refractivity contribution in [2.45, 2.75) is 6.61 Å². The molecule has 0 atom stereocenters. The molecule has 6 heteroatoms. The average Bonchev–Trinajstić information content (AvgIpc) is 2.25. The molecule has 1 amide bonds. The molecule has 0 bridgehead atoms. The van der Waals surface area contributed by atoms with E-state index in [2.05, 4.69) is 16.6 Å². The number of hydrogen-bond donors (Lipinski definition) is 1. The second-order valence-corrected chi connectivity index (χ2v) is 3.61. The summed E-state index contributed by atoms with van der Waals surface area (Å²) in [6.07, 6.45) is 0. The van der Waals surface area contributed by atoms with Gasteiger partial charge in [-0.05, 0) is 12.1 Å². The third-order valence-electron chi connectivity index (χ3n) is 1.79. The zero-order valence-corrected chi connectivity index (χ0v) is 9.51. The minimum Gasteiger partial charge on any atom is -0.434 e. The van der Waals surface area contributed by atoms with Gasteiger partial charge < -0.3 is 10.1 Å². The van der Waals surface area contributed by atoms with Crippen molar-refractivity contribution in [2.75, 3.05) is 6.54 Å². The van der Waals surface area contributed by atoms with Crippen LogP contribution in [0.25, 0.3) is 0 Å².